The molecule has 0 amide bonds. The van der Waals surface area contributed by atoms with Crippen LogP contribution in [0.5, 0.6) is 5.75 Å². The zero-order valence-corrected chi connectivity index (χ0v) is 14.0. The molecular weight excluding hydrogens is 348 g/mol. The summed E-state index contributed by atoms with van der Waals surface area (Å²) in [5, 5.41) is 14.8. The lowest BCUT2D eigenvalue weighted by atomic mass is 10.0. The lowest BCUT2D eigenvalue weighted by Crippen LogP contribution is -2.20. The standard InChI is InChI=1S/C15H15BrN4O2/c1-15(2,21)14-11(22-3)7-13-17-8-10(20(13)19-14)9-5-4-6-12(16)18-9/h4-8,21H,1-3H3. The fourth-order valence-corrected chi connectivity index (χ4v) is 2.55. The molecule has 0 radical (unpaired) electrons. The van der Waals surface area contributed by atoms with Crippen molar-refractivity contribution in [2.24, 2.45) is 0 Å². The Morgan fingerprint density at radius 1 is 1.32 bits per heavy atom. The SMILES string of the molecule is COc1cc2ncc(-c3cccc(Br)n3)n2nc1C(C)(C)O. The van der Waals surface area contributed by atoms with Crippen LogP contribution in [0.4, 0.5) is 0 Å². The molecule has 0 aromatic carbocycles. The van der Waals surface area contributed by atoms with E-state index in [0.29, 0.717) is 17.1 Å². The lowest BCUT2D eigenvalue weighted by Gasteiger charge is -2.19. The zero-order valence-electron chi connectivity index (χ0n) is 12.4. The normalized spacial score (nSPS) is 11.9. The zero-order chi connectivity index (χ0) is 15.9. The number of fused-ring (bicyclic) bond motifs is 1. The number of hydrogen-bond donors (Lipinski definition) is 1. The Labute approximate surface area is 135 Å². The molecule has 6 nitrogen and oxygen atoms in total. The van der Waals surface area contributed by atoms with Crippen molar-refractivity contribution in [3.63, 3.8) is 0 Å². The Morgan fingerprint density at radius 2 is 2.09 bits per heavy atom. The monoisotopic (exact) mass is 362 g/mol. The first-order valence-electron chi connectivity index (χ1n) is 6.68. The van der Waals surface area contributed by atoms with Gasteiger partial charge in [0.05, 0.1) is 19.0 Å². The molecule has 3 rings (SSSR count). The first kappa shape index (κ1) is 14.9. The molecular formula is C15H15BrN4O2. The molecule has 0 unspecified atom stereocenters. The van der Waals surface area contributed by atoms with Gasteiger partial charge in [-0.25, -0.2) is 14.5 Å². The fraction of sp³-hybridized carbons (Fsp3) is 0.267. The van der Waals surface area contributed by atoms with E-state index in [1.807, 2.05) is 18.2 Å². The number of imidazole rings is 1. The average molecular weight is 363 g/mol. The van der Waals surface area contributed by atoms with Crippen LogP contribution in [0.1, 0.15) is 19.5 Å². The van der Waals surface area contributed by atoms with Gasteiger partial charge in [0, 0.05) is 6.07 Å². The Balaban J connectivity index is 2.26. The molecule has 0 fully saturated rings. The smallest absolute Gasteiger partial charge is 0.157 e. The maximum atomic E-state index is 10.3. The molecule has 3 aromatic rings. The number of ether oxygens (including phenoxy) is 1. The Morgan fingerprint density at radius 3 is 2.73 bits per heavy atom. The number of aromatic nitrogens is 4. The van der Waals surface area contributed by atoms with Crippen molar-refractivity contribution in [2.75, 3.05) is 7.11 Å². The van der Waals surface area contributed by atoms with E-state index in [-0.39, 0.29) is 0 Å². The number of halogens is 1. The van der Waals surface area contributed by atoms with E-state index in [0.717, 1.165) is 16.0 Å². The van der Waals surface area contributed by atoms with Gasteiger partial charge < -0.3 is 9.84 Å². The summed E-state index contributed by atoms with van der Waals surface area (Å²) in [5.74, 6) is 0.499. The number of hydrogen-bond acceptors (Lipinski definition) is 5. The average Bonchev–Trinajstić information content (AvgIpc) is 2.87. The molecule has 3 heterocycles. The van der Waals surface area contributed by atoms with Crippen LogP contribution in [0.3, 0.4) is 0 Å². The molecule has 0 atom stereocenters. The minimum atomic E-state index is -1.13. The van der Waals surface area contributed by atoms with Gasteiger partial charge in [0.1, 0.15) is 27.3 Å². The van der Waals surface area contributed by atoms with E-state index in [1.54, 1.807) is 37.7 Å². The number of methoxy groups -OCH3 is 1. The number of aliphatic hydroxyl groups is 1. The first-order valence-corrected chi connectivity index (χ1v) is 7.48. The largest absolute Gasteiger partial charge is 0.495 e. The van der Waals surface area contributed by atoms with Gasteiger partial charge in [0.2, 0.25) is 0 Å². The molecule has 22 heavy (non-hydrogen) atoms. The molecule has 0 aliphatic carbocycles. The fourth-order valence-electron chi connectivity index (χ4n) is 2.20. The van der Waals surface area contributed by atoms with Crippen molar-refractivity contribution < 1.29 is 9.84 Å². The van der Waals surface area contributed by atoms with Crippen molar-refractivity contribution in [1.29, 1.82) is 0 Å². The second kappa shape index (κ2) is 5.33. The molecule has 0 saturated heterocycles. The van der Waals surface area contributed by atoms with E-state index >= 15 is 0 Å². The molecule has 0 bridgehead atoms. The number of pyridine rings is 1. The van der Waals surface area contributed by atoms with Crippen molar-refractivity contribution in [1.82, 2.24) is 19.6 Å². The molecule has 114 valence electrons. The van der Waals surface area contributed by atoms with E-state index in [1.165, 1.54) is 0 Å². The minimum absolute atomic E-state index is 0.441. The van der Waals surface area contributed by atoms with Crippen LogP contribution < -0.4 is 4.74 Å². The van der Waals surface area contributed by atoms with Crippen LogP contribution in [0.25, 0.3) is 17.0 Å². The van der Waals surface area contributed by atoms with Crippen LogP contribution in [0.15, 0.2) is 35.1 Å². The van der Waals surface area contributed by atoms with E-state index in [2.05, 4.69) is 31.0 Å². The Hall–Kier alpha value is -1.99. The molecule has 0 aliphatic rings. The predicted molar refractivity (Wildman–Crippen MR) is 85.7 cm³/mol. The highest BCUT2D eigenvalue weighted by molar-refractivity contribution is 9.10. The van der Waals surface area contributed by atoms with Crippen molar-refractivity contribution in [2.45, 2.75) is 19.4 Å². The molecule has 7 heteroatoms. The van der Waals surface area contributed by atoms with Crippen LogP contribution in [0.2, 0.25) is 0 Å². The van der Waals surface area contributed by atoms with Crippen LogP contribution in [-0.2, 0) is 5.60 Å². The van der Waals surface area contributed by atoms with Crippen LogP contribution in [0, 0.1) is 0 Å². The lowest BCUT2D eigenvalue weighted by molar-refractivity contribution is 0.0694. The molecule has 0 saturated carbocycles. The second-order valence-corrected chi connectivity index (χ2v) is 6.19. The van der Waals surface area contributed by atoms with Gasteiger partial charge in [-0.2, -0.15) is 5.10 Å². The van der Waals surface area contributed by atoms with Gasteiger partial charge in [0.25, 0.3) is 0 Å². The molecule has 1 N–H and O–H groups in total. The third-order valence-corrected chi connectivity index (χ3v) is 3.68. The third-order valence-electron chi connectivity index (χ3n) is 3.23. The van der Waals surface area contributed by atoms with E-state index in [4.69, 9.17) is 4.74 Å². The number of rotatable bonds is 3. The maximum Gasteiger partial charge on any atom is 0.157 e. The van der Waals surface area contributed by atoms with Gasteiger partial charge in [-0.05, 0) is 41.9 Å². The van der Waals surface area contributed by atoms with E-state index < -0.39 is 5.60 Å². The second-order valence-electron chi connectivity index (χ2n) is 5.38. The van der Waals surface area contributed by atoms with Gasteiger partial charge >= 0.3 is 0 Å². The maximum absolute atomic E-state index is 10.3. The van der Waals surface area contributed by atoms with E-state index in [9.17, 15) is 5.11 Å². The van der Waals surface area contributed by atoms with Crippen molar-refractivity contribution in [3.05, 3.63) is 40.8 Å². The Bertz CT molecular complexity index is 839. The van der Waals surface area contributed by atoms with Crippen molar-refractivity contribution in [3.8, 4) is 17.1 Å². The minimum Gasteiger partial charge on any atom is -0.495 e. The van der Waals surface area contributed by atoms with Crippen LogP contribution >= 0.6 is 15.9 Å². The third kappa shape index (κ3) is 2.57. The topological polar surface area (TPSA) is 72.5 Å². The molecule has 3 aromatic heterocycles. The summed E-state index contributed by atoms with van der Waals surface area (Å²) in [6.07, 6.45) is 1.70. The van der Waals surface area contributed by atoms with Crippen LogP contribution in [-0.4, -0.2) is 31.8 Å². The van der Waals surface area contributed by atoms with Gasteiger partial charge in [-0.1, -0.05) is 6.07 Å². The van der Waals surface area contributed by atoms with Crippen molar-refractivity contribution >= 4 is 21.6 Å². The highest BCUT2D eigenvalue weighted by Crippen LogP contribution is 2.30. The van der Waals surface area contributed by atoms with Gasteiger partial charge in [-0.15, -0.1) is 0 Å². The summed E-state index contributed by atoms with van der Waals surface area (Å²) >= 11 is 3.36. The summed E-state index contributed by atoms with van der Waals surface area (Å²) < 4.78 is 7.70. The summed E-state index contributed by atoms with van der Waals surface area (Å²) in [7, 11) is 1.54. The first-order chi connectivity index (χ1) is 10.4. The number of nitrogens with zero attached hydrogens (tertiary/aromatic N) is 4. The highest BCUT2D eigenvalue weighted by Gasteiger charge is 2.25. The summed E-state index contributed by atoms with van der Waals surface area (Å²) in [6.45, 7) is 3.33. The summed E-state index contributed by atoms with van der Waals surface area (Å²) in [5.41, 5.74) is 1.41. The highest BCUT2D eigenvalue weighted by atomic mass is 79.9. The summed E-state index contributed by atoms with van der Waals surface area (Å²) in [6, 6.07) is 7.38. The van der Waals surface area contributed by atoms with Gasteiger partial charge in [-0.3, -0.25) is 0 Å². The van der Waals surface area contributed by atoms with Gasteiger partial charge in [0.15, 0.2) is 5.65 Å². The quantitative estimate of drug-likeness (QED) is 0.725. The Kier molecular flexibility index (Phi) is 3.62. The molecule has 0 aliphatic heterocycles. The predicted octanol–water partition coefficient (Wildman–Crippen LogP) is 2.79. The molecule has 0 spiro atoms. The summed E-state index contributed by atoms with van der Waals surface area (Å²) in [4.78, 5) is 8.76.